The quantitative estimate of drug-likeness (QED) is 0.582. The smallest absolute Gasteiger partial charge is 0.274 e. The lowest BCUT2D eigenvalue weighted by Gasteiger charge is -2.35. The van der Waals surface area contributed by atoms with E-state index in [-0.39, 0.29) is 23.3 Å². The number of methoxy groups -OCH3 is 1. The van der Waals surface area contributed by atoms with Crippen LogP contribution in [0.25, 0.3) is 0 Å². The van der Waals surface area contributed by atoms with Crippen molar-refractivity contribution >= 4 is 17.5 Å². The highest BCUT2D eigenvalue weighted by atomic mass is 19.1. The normalized spacial score (nSPS) is 15.9. The van der Waals surface area contributed by atoms with Crippen molar-refractivity contribution in [2.24, 2.45) is 0 Å². The highest BCUT2D eigenvalue weighted by Gasteiger charge is 2.31. The zero-order valence-electron chi connectivity index (χ0n) is 19.0. The van der Waals surface area contributed by atoms with Crippen LogP contribution in [0.4, 0.5) is 10.1 Å². The molecule has 9 heteroatoms. The molecule has 3 heterocycles. The first-order chi connectivity index (χ1) is 16.5. The van der Waals surface area contributed by atoms with Gasteiger partial charge in [0.1, 0.15) is 17.3 Å². The summed E-state index contributed by atoms with van der Waals surface area (Å²) in [4.78, 5) is 31.6. The number of carbonyl (C=O) groups excluding carboxylic acids is 2. The molecule has 8 nitrogen and oxygen atoms in total. The number of carbonyl (C=O) groups is 2. The van der Waals surface area contributed by atoms with Crippen molar-refractivity contribution in [1.82, 2.24) is 19.6 Å². The summed E-state index contributed by atoms with van der Waals surface area (Å²) < 4.78 is 21.1. The van der Waals surface area contributed by atoms with Gasteiger partial charge >= 0.3 is 0 Å². The number of nitrogens with zero attached hydrogens (tertiary/aromatic N) is 5. The zero-order valence-corrected chi connectivity index (χ0v) is 19.0. The number of amides is 2. The molecular weight excluding hydrogens is 437 g/mol. The summed E-state index contributed by atoms with van der Waals surface area (Å²) in [7, 11) is 1.61. The number of fused-ring (bicyclic) bond motifs is 1. The fourth-order valence-corrected chi connectivity index (χ4v) is 4.55. The van der Waals surface area contributed by atoms with Gasteiger partial charge in [-0.05, 0) is 18.2 Å². The minimum Gasteiger partial charge on any atom is -0.496 e. The molecule has 0 aliphatic carbocycles. The largest absolute Gasteiger partial charge is 0.496 e. The number of ether oxygens (including phenoxy) is 1. The lowest BCUT2D eigenvalue weighted by atomic mass is 10.1. The number of benzene rings is 2. The Morgan fingerprint density at radius 3 is 2.50 bits per heavy atom. The summed E-state index contributed by atoms with van der Waals surface area (Å²) in [5, 5.41) is 4.42. The second-order valence-electron chi connectivity index (χ2n) is 8.41. The molecule has 0 unspecified atom stereocenters. The summed E-state index contributed by atoms with van der Waals surface area (Å²) in [6.07, 6.45) is 0. The van der Waals surface area contributed by atoms with Gasteiger partial charge in [-0.25, -0.2) is 4.39 Å². The van der Waals surface area contributed by atoms with Crippen molar-refractivity contribution in [3.05, 3.63) is 77.4 Å². The molecule has 2 aromatic carbocycles. The van der Waals surface area contributed by atoms with E-state index in [0.717, 1.165) is 11.3 Å². The molecule has 0 atom stereocenters. The number of halogens is 1. The maximum absolute atomic E-state index is 14.1. The maximum Gasteiger partial charge on any atom is 0.274 e. The molecule has 0 saturated carbocycles. The number of piperazine rings is 1. The van der Waals surface area contributed by atoms with E-state index < -0.39 is 0 Å². The number of aromatic nitrogens is 2. The lowest BCUT2D eigenvalue weighted by molar-refractivity contribution is 0.0679. The van der Waals surface area contributed by atoms with E-state index in [1.165, 1.54) is 6.07 Å². The first-order valence-corrected chi connectivity index (χ1v) is 11.3. The fourth-order valence-electron chi connectivity index (χ4n) is 4.55. The molecule has 1 fully saturated rings. The Morgan fingerprint density at radius 2 is 1.74 bits per heavy atom. The van der Waals surface area contributed by atoms with Gasteiger partial charge in [0.25, 0.3) is 11.8 Å². The van der Waals surface area contributed by atoms with Gasteiger partial charge in [-0.1, -0.05) is 30.3 Å². The van der Waals surface area contributed by atoms with E-state index in [1.807, 2.05) is 29.2 Å². The van der Waals surface area contributed by atoms with Gasteiger partial charge in [0.15, 0.2) is 5.69 Å². The van der Waals surface area contributed by atoms with E-state index >= 15 is 0 Å². The van der Waals surface area contributed by atoms with Crippen LogP contribution in [0.15, 0.2) is 54.6 Å². The number of anilines is 1. The Labute approximate surface area is 197 Å². The Morgan fingerprint density at radius 1 is 1.00 bits per heavy atom. The van der Waals surface area contributed by atoms with Gasteiger partial charge in [-0.2, -0.15) is 5.10 Å². The minimum atomic E-state index is -0.264. The fraction of sp³-hybridized carbons (Fsp3) is 0.320. The molecule has 0 radical (unpaired) electrons. The summed E-state index contributed by atoms with van der Waals surface area (Å²) in [5.74, 6) is 0.104. The molecule has 2 aliphatic heterocycles. The van der Waals surface area contributed by atoms with E-state index in [2.05, 4.69) is 5.10 Å². The van der Waals surface area contributed by atoms with E-state index in [1.54, 1.807) is 45.9 Å². The van der Waals surface area contributed by atoms with Gasteiger partial charge in [0.05, 0.1) is 19.3 Å². The van der Waals surface area contributed by atoms with Crippen molar-refractivity contribution in [3.8, 4) is 5.75 Å². The van der Waals surface area contributed by atoms with E-state index in [9.17, 15) is 14.0 Å². The Balaban J connectivity index is 1.26. The van der Waals surface area contributed by atoms with Crippen LogP contribution >= 0.6 is 0 Å². The Bertz CT molecular complexity index is 1220. The first-order valence-electron chi connectivity index (χ1n) is 11.3. The maximum atomic E-state index is 14.1. The van der Waals surface area contributed by atoms with Gasteiger partial charge < -0.3 is 19.4 Å². The van der Waals surface area contributed by atoms with Crippen LogP contribution in [0.1, 0.15) is 26.5 Å². The molecule has 34 heavy (non-hydrogen) atoms. The molecule has 2 amide bonds. The Hall–Kier alpha value is -3.88. The van der Waals surface area contributed by atoms with Crippen molar-refractivity contribution in [1.29, 1.82) is 0 Å². The van der Waals surface area contributed by atoms with Gasteiger partial charge in [-0.15, -0.1) is 0 Å². The van der Waals surface area contributed by atoms with Crippen LogP contribution in [-0.2, 0) is 13.1 Å². The summed E-state index contributed by atoms with van der Waals surface area (Å²) in [6, 6.07) is 15.9. The first kappa shape index (κ1) is 21.9. The average molecular weight is 464 g/mol. The highest BCUT2D eigenvalue weighted by Crippen LogP contribution is 2.24. The topological polar surface area (TPSA) is 70.9 Å². The highest BCUT2D eigenvalue weighted by molar-refractivity contribution is 5.98. The van der Waals surface area contributed by atoms with Crippen LogP contribution in [0, 0.1) is 5.82 Å². The SMILES string of the molecule is COc1ccccc1CN1CCn2nc(C(=O)N3CCN(c4ccccc4F)CC3)cc2C1=O. The predicted molar refractivity (Wildman–Crippen MR) is 124 cm³/mol. The number of rotatable bonds is 5. The monoisotopic (exact) mass is 463 g/mol. The lowest BCUT2D eigenvalue weighted by Crippen LogP contribution is -2.49. The average Bonchev–Trinajstić information content (AvgIpc) is 3.31. The summed E-state index contributed by atoms with van der Waals surface area (Å²) in [6.45, 7) is 3.44. The second kappa shape index (κ2) is 9.17. The molecule has 0 spiro atoms. The molecular formula is C25H26FN5O3. The van der Waals surface area contributed by atoms with Crippen LogP contribution in [-0.4, -0.2) is 71.2 Å². The van der Waals surface area contributed by atoms with Crippen molar-refractivity contribution in [2.75, 3.05) is 44.7 Å². The van der Waals surface area contributed by atoms with Crippen molar-refractivity contribution < 1.29 is 18.7 Å². The summed E-state index contributed by atoms with van der Waals surface area (Å²) in [5.41, 5.74) is 2.15. The number of hydrogen-bond donors (Lipinski definition) is 0. The minimum absolute atomic E-state index is 0.159. The van der Waals surface area contributed by atoms with E-state index in [4.69, 9.17) is 4.74 Å². The molecule has 5 rings (SSSR count). The molecule has 176 valence electrons. The van der Waals surface area contributed by atoms with Gasteiger partial charge in [0, 0.05) is 50.9 Å². The molecule has 1 aromatic heterocycles. The third kappa shape index (κ3) is 4.09. The second-order valence-corrected chi connectivity index (χ2v) is 8.41. The van der Waals surface area contributed by atoms with Crippen LogP contribution in [0.5, 0.6) is 5.75 Å². The van der Waals surface area contributed by atoms with Crippen LogP contribution in [0.2, 0.25) is 0 Å². The number of hydrogen-bond acceptors (Lipinski definition) is 5. The molecule has 0 N–H and O–H groups in total. The van der Waals surface area contributed by atoms with Gasteiger partial charge in [0.2, 0.25) is 0 Å². The molecule has 1 saturated heterocycles. The summed E-state index contributed by atoms with van der Waals surface area (Å²) >= 11 is 0. The van der Waals surface area contributed by atoms with Crippen molar-refractivity contribution in [3.63, 3.8) is 0 Å². The van der Waals surface area contributed by atoms with Crippen LogP contribution < -0.4 is 9.64 Å². The molecule has 2 aliphatic rings. The third-order valence-corrected chi connectivity index (χ3v) is 6.40. The standard InChI is InChI=1S/C25H26FN5O3/c1-34-23-9-5-2-6-18(23)17-30-14-15-31-22(25(30)33)16-20(27-31)24(32)29-12-10-28(11-13-29)21-8-4-3-7-19(21)26/h2-9,16H,10-15,17H2,1H3. The molecule has 0 bridgehead atoms. The molecule has 3 aromatic rings. The Kier molecular flexibility index (Phi) is 5.91. The van der Waals surface area contributed by atoms with Gasteiger partial charge in [-0.3, -0.25) is 14.3 Å². The van der Waals surface area contributed by atoms with Crippen LogP contribution in [0.3, 0.4) is 0 Å². The number of para-hydroxylation sites is 2. The predicted octanol–water partition coefficient (Wildman–Crippen LogP) is 2.65. The van der Waals surface area contributed by atoms with E-state index in [0.29, 0.717) is 57.2 Å². The third-order valence-electron chi connectivity index (χ3n) is 6.40. The zero-order chi connectivity index (χ0) is 23.7. The van der Waals surface area contributed by atoms with Crippen molar-refractivity contribution in [2.45, 2.75) is 13.1 Å².